The molecule has 4 rings (SSSR count). The molecule has 2 aromatic rings. The number of benzene rings is 2. The van der Waals surface area contributed by atoms with E-state index in [-0.39, 0.29) is 11.9 Å². The van der Waals surface area contributed by atoms with Gasteiger partial charge in [0.1, 0.15) is 0 Å². The van der Waals surface area contributed by atoms with E-state index in [2.05, 4.69) is 34.5 Å². The number of anilines is 1. The van der Waals surface area contributed by atoms with E-state index in [0.29, 0.717) is 10.6 Å². The van der Waals surface area contributed by atoms with E-state index in [0.717, 1.165) is 38.0 Å². The number of fused-ring (bicyclic) bond motifs is 1. The highest BCUT2D eigenvalue weighted by Gasteiger charge is 2.22. The van der Waals surface area contributed by atoms with Gasteiger partial charge < -0.3 is 10.2 Å². The van der Waals surface area contributed by atoms with Crippen LogP contribution in [0, 0.1) is 0 Å². The van der Waals surface area contributed by atoms with Crippen molar-refractivity contribution in [2.24, 2.45) is 0 Å². The molecule has 1 aliphatic heterocycles. The standard InChI is InChI=1S/C22H25ClN2O/c23-21-11-10-19(25-12-4-1-5-13-25)15-20(21)22(26)24-18-9-8-16-6-2-3-7-17(16)14-18/h2-3,6-7,10-11,15,18H,1,4-5,8-9,12-14H2,(H,24,26)/t18-/m1/s1. The third-order valence-electron chi connectivity index (χ3n) is 5.60. The molecule has 0 aromatic heterocycles. The van der Waals surface area contributed by atoms with Gasteiger partial charge in [-0.25, -0.2) is 0 Å². The van der Waals surface area contributed by atoms with Crippen LogP contribution in [0.4, 0.5) is 5.69 Å². The first-order valence-corrected chi connectivity index (χ1v) is 10.0. The second-order valence-electron chi connectivity index (χ2n) is 7.39. The normalized spacial score (nSPS) is 19.7. The molecule has 2 aromatic carbocycles. The Morgan fingerprint density at radius 2 is 1.81 bits per heavy atom. The SMILES string of the molecule is O=C(N[C@@H]1CCc2ccccc2C1)c1cc(N2CCCCC2)ccc1Cl. The van der Waals surface area contributed by atoms with Crippen molar-refractivity contribution in [1.29, 1.82) is 0 Å². The largest absolute Gasteiger partial charge is 0.372 e. The highest BCUT2D eigenvalue weighted by molar-refractivity contribution is 6.34. The molecule has 2 aliphatic rings. The average Bonchev–Trinajstić information content (AvgIpc) is 2.69. The van der Waals surface area contributed by atoms with Crippen LogP contribution < -0.4 is 10.2 Å². The van der Waals surface area contributed by atoms with Crippen molar-refractivity contribution in [1.82, 2.24) is 5.32 Å². The maximum absolute atomic E-state index is 12.9. The summed E-state index contributed by atoms with van der Waals surface area (Å²) in [5.74, 6) is -0.0572. The van der Waals surface area contributed by atoms with E-state index in [9.17, 15) is 4.79 Å². The fraction of sp³-hybridized carbons (Fsp3) is 0.409. The van der Waals surface area contributed by atoms with Gasteiger partial charge in [-0.05, 0) is 67.9 Å². The monoisotopic (exact) mass is 368 g/mol. The molecule has 3 nitrogen and oxygen atoms in total. The molecular formula is C22H25ClN2O. The Labute approximate surface area is 160 Å². The third-order valence-corrected chi connectivity index (χ3v) is 5.93. The molecule has 1 N–H and O–H groups in total. The predicted molar refractivity (Wildman–Crippen MR) is 107 cm³/mol. The number of aryl methyl sites for hydroxylation is 1. The van der Waals surface area contributed by atoms with E-state index < -0.39 is 0 Å². The van der Waals surface area contributed by atoms with E-state index in [1.54, 1.807) is 0 Å². The summed E-state index contributed by atoms with van der Waals surface area (Å²) in [5, 5.41) is 3.73. The number of carbonyl (C=O) groups is 1. The van der Waals surface area contributed by atoms with Crippen LogP contribution in [0.25, 0.3) is 0 Å². The summed E-state index contributed by atoms with van der Waals surface area (Å²) in [5.41, 5.74) is 4.45. The minimum atomic E-state index is -0.0572. The Balaban J connectivity index is 1.48. The molecule has 26 heavy (non-hydrogen) atoms. The smallest absolute Gasteiger partial charge is 0.253 e. The number of hydrogen-bond acceptors (Lipinski definition) is 2. The van der Waals surface area contributed by atoms with Crippen LogP contribution in [0.5, 0.6) is 0 Å². The fourth-order valence-corrected chi connectivity index (χ4v) is 4.32. The zero-order valence-electron chi connectivity index (χ0n) is 15.0. The van der Waals surface area contributed by atoms with Crippen molar-refractivity contribution < 1.29 is 4.79 Å². The van der Waals surface area contributed by atoms with E-state index in [1.165, 1.54) is 30.4 Å². The Kier molecular flexibility index (Phi) is 5.16. The molecule has 1 fully saturated rings. The number of nitrogens with one attached hydrogen (secondary N) is 1. The van der Waals surface area contributed by atoms with Crippen LogP contribution in [0.15, 0.2) is 42.5 Å². The lowest BCUT2D eigenvalue weighted by Crippen LogP contribution is -2.39. The lowest BCUT2D eigenvalue weighted by Gasteiger charge is -2.29. The summed E-state index contributed by atoms with van der Waals surface area (Å²) >= 11 is 6.35. The molecule has 136 valence electrons. The van der Waals surface area contributed by atoms with Crippen LogP contribution >= 0.6 is 11.6 Å². The van der Waals surface area contributed by atoms with Crippen molar-refractivity contribution in [3.63, 3.8) is 0 Å². The van der Waals surface area contributed by atoms with Gasteiger partial charge in [0, 0.05) is 24.8 Å². The van der Waals surface area contributed by atoms with Crippen LogP contribution in [-0.2, 0) is 12.8 Å². The molecule has 1 aliphatic carbocycles. The van der Waals surface area contributed by atoms with Crippen LogP contribution in [-0.4, -0.2) is 25.0 Å². The highest BCUT2D eigenvalue weighted by Crippen LogP contribution is 2.27. The van der Waals surface area contributed by atoms with Gasteiger partial charge in [0.2, 0.25) is 0 Å². The molecule has 1 atom stereocenters. The number of halogens is 1. The molecule has 0 unspecified atom stereocenters. The van der Waals surface area contributed by atoms with Crippen LogP contribution in [0.1, 0.15) is 47.2 Å². The molecule has 1 heterocycles. The molecular weight excluding hydrogens is 344 g/mol. The van der Waals surface area contributed by atoms with Crippen molar-refractivity contribution >= 4 is 23.2 Å². The average molecular weight is 369 g/mol. The Morgan fingerprint density at radius 1 is 1.04 bits per heavy atom. The van der Waals surface area contributed by atoms with Crippen molar-refractivity contribution in [3.05, 3.63) is 64.2 Å². The molecule has 4 heteroatoms. The van der Waals surface area contributed by atoms with Gasteiger partial charge in [-0.2, -0.15) is 0 Å². The number of amides is 1. The Morgan fingerprint density at radius 3 is 2.62 bits per heavy atom. The number of piperidine rings is 1. The summed E-state index contributed by atoms with van der Waals surface area (Å²) in [7, 11) is 0. The first-order valence-electron chi connectivity index (χ1n) is 9.63. The number of hydrogen-bond donors (Lipinski definition) is 1. The minimum absolute atomic E-state index is 0.0572. The van der Waals surface area contributed by atoms with Crippen LogP contribution in [0.3, 0.4) is 0 Å². The van der Waals surface area contributed by atoms with E-state index in [1.807, 2.05) is 18.2 Å². The molecule has 0 radical (unpaired) electrons. The van der Waals surface area contributed by atoms with Gasteiger partial charge in [0.25, 0.3) is 5.91 Å². The number of carbonyl (C=O) groups excluding carboxylic acids is 1. The Hall–Kier alpha value is -2.00. The number of rotatable bonds is 3. The van der Waals surface area contributed by atoms with Gasteiger partial charge in [-0.1, -0.05) is 35.9 Å². The maximum atomic E-state index is 12.9. The van der Waals surface area contributed by atoms with Crippen molar-refractivity contribution in [2.75, 3.05) is 18.0 Å². The Bertz CT molecular complexity index is 798. The van der Waals surface area contributed by atoms with Crippen LogP contribution in [0.2, 0.25) is 5.02 Å². The summed E-state index contributed by atoms with van der Waals surface area (Å²) in [6.07, 6.45) is 6.61. The highest BCUT2D eigenvalue weighted by atomic mass is 35.5. The fourth-order valence-electron chi connectivity index (χ4n) is 4.12. The summed E-state index contributed by atoms with van der Waals surface area (Å²) in [6.45, 7) is 2.12. The molecule has 1 amide bonds. The number of nitrogens with zero attached hydrogens (tertiary/aromatic N) is 1. The molecule has 1 saturated heterocycles. The maximum Gasteiger partial charge on any atom is 0.253 e. The zero-order valence-corrected chi connectivity index (χ0v) is 15.8. The van der Waals surface area contributed by atoms with E-state index in [4.69, 9.17) is 11.6 Å². The first-order chi connectivity index (χ1) is 12.7. The van der Waals surface area contributed by atoms with Gasteiger partial charge >= 0.3 is 0 Å². The summed E-state index contributed by atoms with van der Waals surface area (Å²) in [4.78, 5) is 15.2. The molecule has 0 saturated carbocycles. The lowest BCUT2D eigenvalue weighted by molar-refractivity contribution is 0.0934. The molecule has 0 spiro atoms. The second kappa shape index (κ2) is 7.71. The van der Waals surface area contributed by atoms with E-state index >= 15 is 0 Å². The predicted octanol–water partition coefficient (Wildman–Crippen LogP) is 4.62. The third kappa shape index (κ3) is 3.73. The van der Waals surface area contributed by atoms with Crippen molar-refractivity contribution in [2.45, 2.75) is 44.6 Å². The van der Waals surface area contributed by atoms with Gasteiger partial charge in [-0.15, -0.1) is 0 Å². The summed E-state index contributed by atoms with van der Waals surface area (Å²) < 4.78 is 0. The van der Waals surface area contributed by atoms with Gasteiger partial charge in [-0.3, -0.25) is 4.79 Å². The molecule has 0 bridgehead atoms. The zero-order chi connectivity index (χ0) is 17.9. The first kappa shape index (κ1) is 17.4. The van der Waals surface area contributed by atoms with Gasteiger partial charge in [0.05, 0.1) is 10.6 Å². The minimum Gasteiger partial charge on any atom is -0.372 e. The summed E-state index contributed by atoms with van der Waals surface area (Å²) in [6, 6.07) is 14.5. The second-order valence-corrected chi connectivity index (χ2v) is 7.80. The van der Waals surface area contributed by atoms with Crippen molar-refractivity contribution in [3.8, 4) is 0 Å². The lowest BCUT2D eigenvalue weighted by atomic mass is 9.88. The van der Waals surface area contributed by atoms with Gasteiger partial charge in [0.15, 0.2) is 0 Å². The topological polar surface area (TPSA) is 32.3 Å². The quantitative estimate of drug-likeness (QED) is 0.857.